The highest BCUT2D eigenvalue weighted by atomic mass is 35.5. The molecule has 2 aromatic rings. The minimum absolute atomic E-state index is 0. The highest BCUT2D eigenvalue weighted by Crippen LogP contribution is 2.17. The Hall–Kier alpha value is -1.66. The van der Waals surface area contributed by atoms with Crippen molar-refractivity contribution in [1.29, 1.82) is 0 Å². The molecule has 0 atom stereocenters. The van der Waals surface area contributed by atoms with Gasteiger partial charge < -0.3 is 9.95 Å². The van der Waals surface area contributed by atoms with Gasteiger partial charge in [-0.1, -0.05) is 5.16 Å². The average Bonchev–Trinajstić information content (AvgIpc) is 2.65. The molecule has 0 saturated heterocycles. The maximum Gasteiger partial charge on any atom is 0.187 e. The SMILES string of the molecule is Cc1cc(-c2ccc(NN)nn2)on1.Cl. The fraction of sp³-hybridized carbons (Fsp3) is 0.125. The zero-order valence-corrected chi connectivity index (χ0v) is 8.78. The molecule has 0 unspecified atom stereocenters. The van der Waals surface area contributed by atoms with Gasteiger partial charge >= 0.3 is 0 Å². The summed E-state index contributed by atoms with van der Waals surface area (Å²) in [6.07, 6.45) is 0. The zero-order chi connectivity index (χ0) is 9.97. The van der Waals surface area contributed by atoms with Gasteiger partial charge in [0.05, 0.1) is 5.69 Å². The number of halogens is 1. The van der Waals surface area contributed by atoms with Gasteiger partial charge in [-0.25, -0.2) is 5.84 Å². The van der Waals surface area contributed by atoms with Crippen LogP contribution in [0.5, 0.6) is 0 Å². The number of aryl methyl sites for hydroxylation is 1. The van der Waals surface area contributed by atoms with E-state index < -0.39 is 0 Å². The monoisotopic (exact) mass is 227 g/mol. The third kappa shape index (κ3) is 2.42. The lowest BCUT2D eigenvalue weighted by atomic mass is 10.3. The number of rotatable bonds is 2. The Morgan fingerprint density at radius 2 is 2.13 bits per heavy atom. The lowest BCUT2D eigenvalue weighted by Crippen LogP contribution is -2.08. The van der Waals surface area contributed by atoms with Gasteiger partial charge in [-0.05, 0) is 19.1 Å². The van der Waals surface area contributed by atoms with Crippen molar-refractivity contribution >= 4 is 18.2 Å². The van der Waals surface area contributed by atoms with Crippen LogP contribution in [-0.4, -0.2) is 15.4 Å². The van der Waals surface area contributed by atoms with Gasteiger partial charge in [-0.15, -0.1) is 22.6 Å². The van der Waals surface area contributed by atoms with Gasteiger partial charge in [0.25, 0.3) is 0 Å². The topological polar surface area (TPSA) is 89.9 Å². The molecule has 0 fully saturated rings. The molecule has 0 aliphatic rings. The van der Waals surface area contributed by atoms with E-state index in [1.807, 2.05) is 6.92 Å². The second-order valence-electron chi connectivity index (χ2n) is 2.78. The molecule has 0 radical (unpaired) electrons. The Morgan fingerprint density at radius 3 is 2.60 bits per heavy atom. The Bertz CT molecular complexity index is 427. The van der Waals surface area contributed by atoms with Crippen LogP contribution < -0.4 is 11.3 Å². The number of aromatic nitrogens is 3. The van der Waals surface area contributed by atoms with Gasteiger partial charge in [0, 0.05) is 6.07 Å². The highest BCUT2D eigenvalue weighted by molar-refractivity contribution is 5.85. The van der Waals surface area contributed by atoms with Crippen LogP contribution in [0.2, 0.25) is 0 Å². The lowest BCUT2D eigenvalue weighted by molar-refractivity contribution is 0.425. The molecule has 2 rings (SSSR count). The maximum atomic E-state index is 5.15. The van der Waals surface area contributed by atoms with E-state index >= 15 is 0 Å². The number of hydrazine groups is 1. The molecule has 2 aromatic heterocycles. The van der Waals surface area contributed by atoms with Crippen LogP contribution in [0.3, 0.4) is 0 Å². The molecule has 0 aromatic carbocycles. The van der Waals surface area contributed by atoms with Crippen molar-refractivity contribution in [3.8, 4) is 11.5 Å². The Kier molecular flexibility index (Phi) is 3.59. The van der Waals surface area contributed by atoms with Crippen LogP contribution in [0, 0.1) is 6.92 Å². The average molecular weight is 228 g/mol. The smallest absolute Gasteiger partial charge is 0.187 e. The molecule has 0 amide bonds. The second-order valence-corrected chi connectivity index (χ2v) is 2.78. The number of anilines is 1. The predicted octanol–water partition coefficient (Wildman–Crippen LogP) is 1.15. The molecule has 80 valence electrons. The molecule has 0 bridgehead atoms. The van der Waals surface area contributed by atoms with Crippen molar-refractivity contribution < 1.29 is 4.52 Å². The van der Waals surface area contributed by atoms with Crippen LogP contribution >= 0.6 is 12.4 Å². The number of hydrogen-bond donors (Lipinski definition) is 2. The van der Waals surface area contributed by atoms with E-state index in [2.05, 4.69) is 20.8 Å². The van der Waals surface area contributed by atoms with Crippen molar-refractivity contribution in [2.45, 2.75) is 6.92 Å². The summed E-state index contributed by atoms with van der Waals surface area (Å²) < 4.78 is 5.02. The van der Waals surface area contributed by atoms with Gasteiger partial charge in [-0.2, -0.15) is 0 Å². The fourth-order valence-electron chi connectivity index (χ4n) is 1.02. The van der Waals surface area contributed by atoms with Crippen molar-refractivity contribution in [3.05, 3.63) is 23.9 Å². The number of hydrogen-bond acceptors (Lipinski definition) is 6. The molecule has 7 heteroatoms. The van der Waals surface area contributed by atoms with E-state index in [1.165, 1.54) is 0 Å². The van der Waals surface area contributed by atoms with E-state index in [0.29, 0.717) is 17.3 Å². The molecule has 0 spiro atoms. The third-order valence-corrected chi connectivity index (χ3v) is 1.69. The van der Waals surface area contributed by atoms with Crippen LogP contribution in [-0.2, 0) is 0 Å². The van der Waals surface area contributed by atoms with Crippen molar-refractivity contribution in [1.82, 2.24) is 15.4 Å². The minimum Gasteiger partial charge on any atom is -0.354 e. The van der Waals surface area contributed by atoms with Gasteiger partial charge in [0.1, 0.15) is 5.69 Å². The minimum atomic E-state index is 0. The summed E-state index contributed by atoms with van der Waals surface area (Å²) in [6.45, 7) is 1.84. The first-order valence-electron chi connectivity index (χ1n) is 4.03. The Morgan fingerprint density at radius 1 is 1.33 bits per heavy atom. The molecule has 2 heterocycles. The molecule has 0 saturated carbocycles. The van der Waals surface area contributed by atoms with Crippen LogP contribution in [0.1, 0.15) is 5.69 Å². The summed E-state index contributed by atoms with van der Waals surface area (Å²) in [6, 6.07) is 5.25. The summed E-state index contributed by atoms with van der Waals surface area (Å²) in [5.74, 6) is 6.25. The van der Waals surface area contributed by atoms with Crippen molar-refractivity contribution in [2.75, 3.05) is 5.43 Å². The van der Waals surface area contributed by atoms with E-state index in [9.17, 15) is 0 Å². The summed E-state index contributed by atoms with van der Waals surface area (Å²) in [5.41, 5.74) is 3.83. The molecule has 0 aliphatic carbocycles. The molecule has 6 nitrogen and oxygen atoms in total. The van der Waals surface area contributed by atoms with Crippen LogP contribution in [0.15, 0.2) is 22.7 Å². The fourth-order valence-corrected chi connectivity index (χ4v) is 1.02. The molecular formula is C8H10ClN5O. The summed E-state index contributed by atoms with van der Waals surface area (Å²) in [4.78, 5) is 0. The van der Waals surface area contributed by atoms with Crippen molar-refractivity contribution in [3.63, 3.8) is 0 Å². The van der Waals surface area contributed by atoms with E-state index in [1.54, 1.807) is 18.2 Å². The molecule has 3 N–H and O–H groups in total. The Labute approximate surface area is 92.2 Å². The standard InChI is InChI=1S/C8H9N5O.ClH/c1-5-4-7(14-13-5)6-2-3-8(10-9)12-11-6;/h2-4H,9H2,1H3,(H,10,12);1H. The number of nitrogen functional groups attached to an aromatic ring is 1. The zero-order valence-electron chi connectivity index (χ0n) is 7.97. The van der Waals surface area contributed by atoms with E-state index in [0.717, 1.165) is 5.69 Å². The first-order chi connectivity index (χ1) is 6.79. The summed E-state index contributed by atoms with van der Waals surface area (Å²) in [5, 5.41) is 11.5. The molecule has 0 aliphatic heterocycles. The van der Waals surface area contributed by atoms with E-state index in [4.69, 9.17) is 10.4 Å². The van der Waals surface area contributed by atoms with Gasteiger partial charge in [-0.3, -0.25) is 0 Å². The number of nitrogens with two attached hydrogens (primary N) is 1. The maximum absolute atomic E-state index is 5.15. The van der Waals surface area contributed by atoms with E-state index in [-0.39, 0.29) is 12.4 Å². The summed E-state index contributed by atoms with van der Waals surface area (Å²) in [7, 11) is 0. The molecular weight excluding hydrogens is 218 g/mol. The first kappa shape index (κ1) is 11.4. The predicted molar refractivity (Wildman–Crippen MR) is 57.3 cm³/mol. The summed E-state index contributed by atoms with van der Waals surface area (Å²) >= 11 is 0. The first-order valence-corrected chi connectivity index (χ1v) is 4.03. The van der Waals surface area contributed by atoms with Gasteiger partial charge in [0.15, 0.2) is 11.6 Å². The Balaban J connectivity index is 0.00000112. The normalized spacial score (nSPS) is 9.47. The second kappa shape index (κ2) is 4.72. The van der Waals surface area contributed by atoms with Crippen LogP contribution in [0.4, 0.5) is 5.82 Å². The molecule has 15 heavy (non-hydrogen) atoms. The van der Waals surface area contributed by atoms with Crippen LogP contribution in [0.25, 0.3) is 11.5 Å². The van der Waals surface area contributed by atoms with Crippen molar-refractivity contribution in [2.24, 2.45) is 5.84 Å². The quantitative estimate of drug-likeness (QED) is 0.591. The number of nitrogens with zero attached hydrogens (tertiary/aromatic N) is 3. The number of nitrogens with one attached hydrogen (secondary N) is 1. The lowest BCUT2D eigenvalue weighted by Gasteiger charge is -1.96. The third-order valence-electron chi connectivity index (χ3n) is 1.69. The largest absolute Gasteiger partial charge is 0.354 e. The van der Waals surface area contributed by atoms with Gasteiger partial charge in [0.2, 0.25) is 0 Å². The highest BCUT2D eigenvalue weighted by Gasteiger charge is 2.05.